The van der Waals surface area contributed by atoms with Gasteiger partial charge in [-0.1, -0.05) is 23.2 Å². The molecule has 0 aliphatic rings. The van der Waals surface area contributed by atoms with Gasteiger partial charge in [-0.05, 0) is 51.5 Å². The average Bonchev–Trinajstić information content (AvgIpc) is 2.40. The van der Waals surface area contributed by atoms with E-state index in [1.165, 1.54) is 23.5 Å². The summed E-state index contributed by atoms with van der Waals surface area (Å²) >= 11 is 15.3. The zero-order valence-electron chi connectivity index (χ0n) is 12.6. The topological polar surface area (TPSA) is 26.3 Å². The van der Waals surface area contributed by atoms with Crippen molar-refractivity contribution in [3.05, 3.63) is 38.0 Å². The number of hydrogen-bond acceptors (Lipinski definition) is 4. The van der Waals surface area contributed by atoms with Crippen LogP contribution in [0.2, 0.25) is 10.0 Å². The van der Waals surface area contributed by atoms with E-state index < -0.39 is 5.41 Å². The maximum atomic E-state index is 12.2. The molecule has 0 aliphatic carbocycles. The van der Waals surface area contributed by atoms with Crippen molar-refractivity contribution in [3.8, 4) is 0 Å². The van der Waals surface area contributed by atoms with Crippen molar-refractivity contribution in [2.24, 2.45) is 5.41 Å². The molecule has 0 aliphatic heterocycles. The highest BCUT2D eigenvalue weighted by atomic mass is 35.5. The van der Waals surface area contributed by atoms with Crippen molar-refractivity contribution in [2.75, 3.05) is 12.5 Å². The molecular formula is C15H18Cl2O2S2. The SMILES string of the molecule is CSC(SC)=C(OC(=O)C(C)(C)C)c1cc(Cl)ccc1Cl. The van der Waals surface area contributed by atoms with Crippen LogP contribution >= 0.6 is 46.7 Å². The Morgan fingerprint density at radius 2 is 1.71 bits per heavy atom. The maximum Gasteiger partial charge on any atom is 0.316 e. The molecule has 0 saturated carbocycles. The molecule has 116 valence electrons. The van der Waals surface area contributed by atoms with E-state index >= 15 is 0 Å². The number of hydrogen-bond donors (Lipinski definition) is 0. The van der Waals surface area contributed by atoms with Crippen molar-refractivity contribution < 1.29 is 9.53 Å². The highest BCUT2D eigenvalue weighted by Gasteiger charge is 2.27. The summed E-state index contributed by atoms with van der Waals surface area (Å²) in [4.78, 5) is 12.2. The van der Waals surface area contributed by atoms with E-state index in [1.807, 2.05) is 33.3 Å². The van der Waals surface area contributed by atoms with Crippen molar-refractivity contribution >= 4 is 58.5 Å². The summed E-state index contributed by atoms with van der Waals surface area (Å²) in [5.74, 6) is 0.150. The molecule has 0 unspecified atom stereocenters. The standard InChI is InChI=1S/C15H18Cl2O2S2/c1-15(2,3)14(18)19-12(13(20-4)21-5)10-8-9(16)6-7-11(10)17/h6-8H,1-5H3. The average molecular weight is 365 g/mol. The van der Waals surface area contributed by atoms with Crippen LogP contribution < -0.4 is 0 Å². The Labute approximate surface area is 144 Å². The number of thioether (sulfide) groups is 2. The molecule has 0 amide bonds. The molecule has 0 heterocycles. The summed E-state index contributed by atoms with van der Waals surface area (Å²) in [6.45, 7) is 5.43. The minimum atomic E-state index is -0.599. The molecule has 21 heavy (non-hydrogen) atoms. The summed E-state index contributed by atoms with van der Waals surface area (Å²) < 4.78 is 6.51. The molecule has 1 aromatic carbocycles. The third-order valence-corrected chi connectivity index (χ3v) is 5.21. The first kappa shape index (κ1) is 18.8. The molecule has 0 spiro atoms. The van der Waals surface area contributed by atoms with Crippen LogP contribution in [0.15, 0.2) is 22.4 Å². The first-order valence-corrected chi connectivity index (χ1v) is 9.41. The zero-order chi connectivity index (χ0) is 16.2. The molecule has 0 atom stereocenters. The Morgan fingerprint density at radius 3 is 2.19 bits per heavy atom. The van der Waals surface area contributed by atoms with Crippen molar-refractivity contribution in [3.63, 3.8) is 0 Å². The number of benzene rings is 1. The lowest BCUT2D eigenvalue weighted by atomic mass is 9.97. The first-order chi connectivity index (χ1) is 9.70. The Morgan fingerprint density at radius 1 is 1.14 bits per heavy atom. The summed E-state index contributed by atoms with van der Waals surface area (Å²) in [6, 6.07) is 5.11. The Bertz CT molecular complexity index is 557. The summed E-state index contributed by atoms with van der Waals surface area (Å²) in [5.41, 5.74) is 0.0265. The third kappa shape index (κ3) is 5.13. The lowest BCUT2D eigenvalue weighted by Crippen LogP contribution is -2.22. The van der Waals surface area contributed by atoms with Crippen LogP contribution in [0.4, 0.5) is 0 Å². The second-order valence-corrected chi connectivity index (χ2v) is 8.02. The van der Waals surface area contributed by atoms with Crippen LogP contribution in [-0.2, 0) is 9.53 Å². The predicted molar refractivity (Wildman–Crippen MR) is 96.0 cm³/mol. The third-order valence-electron chi connectivity index (χ3n) is 2.54. The lowest BCUT2D eigenvalue weighted by Gasteiger charge is -2.20. The van der Waals surface area contributed by atoms with E-state index in [0.29, 0.717) is 21.4 Å². The Hall–Kier alpha value is -0.290. The number of ether oxygens (including phenoxy) is 1. The first-order valence-electron chi connectivity index (χ1n) is 6.20. The number of carbonyl (C=O) groups is 1. The van der Waals surface area contributed by atoms with Gasteiger partial charge in [0.15, 0.2) is 5.76 Å². The largest absolute Gasteiger partial charge is 0.424 e. The number of halogens is 2. The number of carbonyl (C=O) groups excluding carboxylic acids is 1. The molecule has 0 bridgehead atoms. The molecule has 2 nitrogen and oxygen atoms in total. The van der Waals surface area contributed by atoms with Gasteiger partial charge in [-0.15, -0.1) is 23.5 Å². The second kappa shape index (κ2) is 7.82. The van der Waals surface area contributed by atoms with Crippen LogP contribution in [0.5, 0.6) is 0 Å². The lowest BCUT2D eigenvalue weighted by molar-refractivity contribution is -0.145. The van der Waals surface area contributed by atoms with Crippen LogP contribution in [0.1, 0.15) is 26.3 Å². The molecular weight excluding hydrogens is 347 g/mol. The number of esters is 1. The van der Waals surface area contributed by atoms with Crippen molar-refractivity contribution in [1.82, 2.24) is 0 Å². The molecule has 0 radical (unpaired) electrons. The van der Waals surface area contributed by atoms with E-state index in [2.05, 4.69) is 0 Å². The monoisotopic (exact) mass is 364 g/mol. The molecule has 0 N–H and O–H groups in total. The fourth-order valence-corrected chi connectivity index (χ4v) is 3.11. The highest BCUT2D eigenvalue weighted by molar-refractivity contribution is 8.21. The van der Waals surface area contributed by atoms with Gasteiger partial charge in [0.2, 0.25) is 0 Å². The van der Waals surface area contributed by atoms with Gasteiger partial charge >= 0.3 is 5.97 Å². The van der Waals surface area contributed by atoms with E-state index in [0.717, 1.165) is 4.24 Å². The fourth-order valence-electron chi connectivity index (χ4n) is 1.39. The van der Waals surface area contributed by atoms with Crippen molar-refractivity contribution in [1.29, 1.82) is 0 Å². The highest BCUT2D eigenvalue weighted by Crippen LogP contribution is 2.38. The van der Waals surface area contributed by atoms with Gasteiger partial charge in [0.05, 0.1) is 14.7 Å². The van der Waals surface area contributed by atoms with Crippen LogP contribution in [0.25, 0.3) is 5.76 Å². The van der Waals surface area contributed by atoms with E-state index in [-0.39, 0.29) is 5.97 Å². The molecule has 1 rings (SSSR count). The zero-order valence-corrected chi connectivity index (χ0v) is 15.8. The second-order valence-electron chi connectivity index (χ2n) is 5.29. The maximum absolute atomic E-state index is 12.2. The Kier molecular flexibility index (Phi) is 6.98. The fraction of sp³-hybridized carbons (Fsp3) is 0.400. The van der Waals surface area contributed by atoms with Crippen molar-refractivity contribution in [2.45, 2.75) is 20.8 Å². The summed E-state index contributed by atoms with van der Waals surface area (Å²) in [5, 5.41) is 1.04. The van der Waals surface area contributed by atoms with Gasteiger partial charge in [0.1, 0.15) is 0 Å². The molecule has 0 fully saturated rings. The Balaban J connectivity index is 3.37. The van der Waals surface area contributed by atoms with E-state index in [1.54, 1.807) is 18.2 Å². The van der Waals surface area contributed by atoms with Gasteiger partial charge in [0.25, 0.3) is 0 Å². The quantitative estimate of drug-likeness (QED) is 0.488. The van der Waals surface area contributed by atoms with Gasteiger partial charge in [0, 0.05) is 10.6 Å². The van der Waals surface area contributed by atoms with Crippen LogP contribution in [0.3, 0.4) is 0 Å². The van der Waals surface area contributed by atoms with Crippen LogP contribution in [0, 0.1) is 5.41 Å². The van der Waals surface area contributed by atoms with E-state index in [4.69, 9.17) is 27.9 Å². The normalized spacial score (nSPS) is 11.2. The van der Waals surface area contributed by atoms with Gasteiger partial charge in [-0.2, -0.15) is 0 Å². The predicted octanol–water partition coefficient (Wildman–Crippen LogP) is 5.93. The summed E-state index contributed by atoms with van der Waals surface area (Å²) in [7, 11) is 0. The summed E-state index contributed by atoms with van der Waals surface area (Å²) in [6.07, 6.45) is 3.85. The number of rotatable bonds is 4. The van der Waals surface area contributed by atoms with Gasteiger partial charge in [-0.25, -0.2) is 0 Å². The molecule has 1 aromatic rings. The molecule has 0 aromatic heterocycles. The van der Waals surface area contributed by atoms with Gasteiger partial charge < -0.3 is 4.74 Å². The minimum absolute atomic E-state index is 0.311. The minimum Gasteiger partial charge on any atom is -0.424 e. The molecule has 6 heteroatoms. The van der Waals surface area contributed by atoms with Crippen LogP contribution in [-0.4, -0.2) is 18.5 Å². The smallest absolute Gasteiger partial charge is 0.316 e. The van der Waals surface area contributed by atoms with Gasteiger partial charge in [-0.3, -0.25) is 4.79 Å². The van der Waals surface area contributed by atoms with E-state index in [9.17, 15) is 4.79 Å². The molecule has 0 saturated heterocycles.